The Kier molecular flexibility index (Phi) is 3.10. The zero-order valence-electron chi connectivity index (χ0n) is 9.58. The summed E-state index contributed by atoms with van der Waals surface area (Å²) in [4.78, 5) is 11.0. The third kappa shape index (κ3) is 2.09. The Labute approximate surface area is 103 Å². The van der Waals surface area contributed by atoms with Gasteiger partial charge in [-0.3, -0.25) is 0 Å². The van der Waals surface area contributed by atoms with Crippen molar-refractivity contribution in [1.29, 1.82) is 0 Å². The maximum atomic E-state index is 13.8. The highest BCUT2D eigenvalue weighted by Crippen LogP contribution is 2.28. The number of hydrogen-bond donors (Lipinski definition) is 1. The first-order chi connectivity index (χ1) is 8.50. The first-order valence-corrected chi connectivity index (χ1v) is 5.29. The molecule has 92 valence electrons. The summed E-state index contributed by atoms with van der Waals surface area (Å²) in [6, 6.07) is 8.17. The molecule has 1 N–H and O–H groups in total. The minimum atomic E-state index is -1.41. The Morgan fingerprint density at radius 3 is 2.39 bits per heavy atom. The van der Waals surface area contributed by atoms with Gasteiger partial charge in [0.05, 0.1) is 0 Å². The molecule has 0 radical (unpaired) electrons. The van der Waals surface area contributed by atoms with Crippen LogP contribution in [0.15, 0.2) is 36.4 Å². The lowest BCUT2D eigenvalue weighted by Gasteiger charge is -2.08. The molecule has 0 amide bonds. The van der Waals surface area contributed by atoms with Gasteiger partial charge < -0.3 is 5.11 Å². The van der Waals surface area contributed by atoms with Gasteiger partial charge in [-0.15, -0.1) is 0 Å². The lowest BCUT2D eigenvalue weighted by Crippen LogP contribution is -2.04. The molecule has 2 aromatic carbocycles. The molecule has 4 heteroatoms. The molecule has 0 spiro atoms. The summed E-state index contributed by atoms with van der Waals surface area (Å²) in [7, 11) is 0. The second kappa shape index (κ2) is 4.56. The van der Waals surface area contributed by atoms with Crippen LogP contribution in [0.5, 0.6) is 0 Å². The van der Waals surface area contributed by atoms with Crippen LogP contribution in [0.3, 0.4) is 0 Å². The molecule has 18 heavy (non-hydrogen) atoms. The molecule has 0 heterocycles. The molecular formula is C14H10F2O2. The van der Waals surface area contributed by atoms with Crippen molar-refractivity contribution in [2.75, 3.05) is 0 Å². The maximum Gasteiger partial charge on any atom is 0.339 e. The van der Waals surface area contributed by atoms with E-state index in [1.807, 2.05) is 0 Å². The monoisotopic (exact) mass is 248 g/mol. The SMILES string of the molecule is Cc1ccc(-c2cccc(F)c2C(=O)O)c(F)c1. The highest BCUT2D eigenvalue weighted by atomic mass is 19.1. The van der Waals surface area contributed by atoms with Crippen molar-refractivity contribution < 1.29 is 18.7 Å². The summed E-state index contributed by atoms with van der Waals surface area (Å²) >= 11 is 0. The fourth-order valence-electron chi connectivity index (χ4n) is 1.80. The molecular weight excluding hydrogens is 238 g/mol. The summed E-state index contributed by atoms with van der Waals surface area (Å²) in [5.74, 6) is -2.86. The molecule has 0 aliphatic heterocycles. The molecule has 0 atom stereocenters. The molecule has 0 bridgehead atoms. The summed E-state index contributed by atoms with van der Waals surface area (Å²) in [5.41, 5.74) is 0.322. The van der Waals surface area contributed by atoms with Crippen molar-refractivity contribution in [3.63, 3.8) is 0 Å². The fraction of sp³-hybridized carbons (Fsp3) is 0.0714. The summed E-state index contributed by atoms with van der Waals surface area (Å²) in [5, 5.41) is 8.99. The van der Waals surface area contributed by atoms with Gasteiger partial charge in [0.1, 0.15) is 17.2 Å². The summed E-state index contributed by atoms with van der Waals surface area (Å²) in [6.45, 7) is 1.72. The van der Waals surface area contributed by atoms with Gasteiger partial charge >= 0.3 is 5.97 Å². The van der Waals surface area contributed by atoms with Crippen LogP contribution < -0.4 is 0 Å². The number of hydrogen-bond acceptors (Lipinski definition) is 1. The van der Waals surface area contributed by atoms with E-state index in [1.54, 1.807) is 13.0 Å². The van der Waals surface area contributed by atoms with E-state index in [2.05, 4.69) is 0 Å². The van der Waals surface area contributed by atoms with Gasteiger partial charge in [-0.05, 0) is 24.6 Å². The van der Waals surface area contributed by atoms with Crippen molar-refractivity contribution in [2.45, 2.75) is 6.92 Å². The van der Waals surface area contributed by atoms with E-state index in [0.717, 1.165) is 6.07 Å². The number of carboxylic acids is 1. The molecule has 0 fully saturated rings. The fourth-order valence-corrected chi connectivity index (χ4v) is 1.80. The van der Waals surface area contributed by atoms with Crippen LogP contribution in [0.1, 0.15) is 15.9 Å². The van der Waals surface area contributed by atoms with Gasteiger partial charge in [0, 0.05) is 11.1 Å². The van der Waals surface area contributed by atoms with Crippen molar-refractivity contribution in [3.05, 3.63) is 59.2 Å². The molecule has 2 aromatic rings. The zero-order chi connectivity index (χ0) is 13.3. The highest BCUT2D eigenvalue weighted by Gasteiger charge is 2.18. The van der Waals surface area contributed by atoms with Crippen LogP contribution in [0.4, 0.5) is 8.78 Å². The molecule has 0 aliphatic rings. The average molecular weight is 248 g/mol. The third-order valence-electron chi connectivity index (χ3n) is 2.64. The first-order valence-electron chi connectivity index (χ1n) is 5.29. The Hall–Kier alpha value is -2.23. The lowest BCUT2D eigenvalue weighted by molar-refractivity contribution is 0.0693. The standard InChI is InChI=1S/C14H10F2O2/c1-8-5-6-9(12(16)7-8)10-3-2-4-11(15)13(10)14(17)18/h2-7H,1H3,(H,17,18). The second-order valence-electron chi connectivity index (χ2n) is 3.95. The topological polar surface area (TPSA) is 37.3 Å². The largest absolute Gasteiger partial charge is 0.478 e. The Morgan fingerprint density at radius 2 is 1.78 bits per heavy atom. The van der Waals surface area contributed by atoms with Crippen LogP contribution in [-0.4, -0.2) is 11.1 Å². The maximum absolute atomic E-state index is 13.8. The normalized spacial score (nSPS) is 10.4. The van der Waals surface area contributed by atoms with Gasteiger partial charge in [-0.25, -0.2) is 13.6 Å². The van der Waals surface area contributed by atoms with Crippen molar-refractivity contribution in [2.24, 2.45) is 0 Å². The first kappa shape index (κ1) is 12.2. The van der Waals surface area contributed by atoms with E-state index in [1.165, 1.54) is 24.3 Å². The molecule has 0 aromatic heterocycles. The smallest absolute Gasteiger partial charge is 0.339 e. The number of rotatable bonds is 2. The van der Waals surface area contributed by atoms with E-state index >= 15 is 0 Å². The van der Waals surface area contributed by atoms with Crippen LogP contribution in [-0.2, 0) is 0 Å². The van der Waals surface area contributed by atoms with Gasteiger partial charge in [-0.2, -0.15) is 0 Å². The second-order valence-corrected chi connectivity index (χ2v) is 3.95. The van der Waals surface area contributed by atoms with E-state index < -0.39 is 23.2 Å². The minimum absolute atomic E-state index is 0.0417. The van der Waals surface area contributed by atoms with E-state index in [4.69, 9.17) is 5.11 Å². The average Bonchev–Trinajstić information content (AvgIpc) is 2.28. The number of aromatic carboxylic acids is 1. The predicted molar refractivity (Wildman–Crippen MR) is 63.5 cm³/mol. The summed E-state index contributed by atoms with van der Waals surface area (Å²) in [6.07, 6.45) is 0. The van der Waals surface area contributed by atoms with Gasteiger partial charge in [0.2, 0.25) is 0 Å². The van der Waals surface area contributed by atoms with E-state index in [-0.39, 0.29) is 11.1 Å². The Morgan fingerprint density at radius 1 is 1.06 bits per heavy atom. The van der Waals surface area contributed by atoms with Crippen LogP contribution in [0.2, 0.25) is 0 Å². The van der Waals surface area contributed by atoms with E-state index in [0.29, 0.717) is 5.56 Å². The lowest BCUT2D eigenvalue weighted by atomic mass is 9.98. The molecule has 0 saturated carbocycles. The predicted octanol–water partition coefficient (Wildman–Crippen LogP) is 3.64. The minimum Gasteiger partial charge on any atom is -0.478 e. The number of carboxylic acid groups (broad SMARTS) is 1. The van der Waals surface area contributed by atoms with Gasteiger partial charge in [-0.1, -0.05) is 24.3 Å². The Bertz CT molecular complexity index is 621. The van der Waals surface area contributed by atoms with Crippen LogP contribution >= 0.6 is 0 Å². The molecule has 0 saturated heterocycles. The van der Waals surface area contributed by atoms with Gasteiger partial charge in [0.25, 0.3) is 0 Å². The molecule has 2 nitrogen and oxygen atoms in total. The third-order valence-corrected chi connectivity index (χ3v) is 2.64. The van der Waals surface area contributed by atoms with Gasteiger partial charge in [0.15, 0.2) is 0 Å². The van der Waals surface area contributed by atoms with Crippen LogP contribution in [0, 0.1) is 18.6 Å². The van der Waals surface area contributed by atoms with Crippen molar-refractivity contribution in [1.82, 2.24) is 0 Å². The van der Waals surface area contributed by atoms with Crippen molar-refractivity contribution in [3.8, 4) is 11.1 Å². The zero-order valence-corrected chi connectivity index (χ0v) is 9.58. The quantitative estimate of drug-likeness (QED) is 0.880. The van der Waals surface area contributed by atoms with E-state index in [9.17, 15) is 13.6 Å². The molecule has 0 aliphatic carbocycles. The number of aryl methyl sites for hydroxylation is 1. The van der Waals surface area contributed by atoms with Crippen LogP contribution in [0.25, 0.3) is 11.1 Å². The highest BCUT2D eigenvalue weighted by molar-refractivity contribution is 5.96. The number of benzene rings is 2. The van der Waals surface area contributed by atoms with Crippen molar-refractivity contribution >= 4 is 5.97 Å². The Balaban J connectivity index is 2.71. The molecule has 2 rings (SSSR count). The molecule has 0 unspecified atom stereocenters. The number of halogens is 2. The number of carbonyl (C=O) groups is 1. The summed E-state index contributed by atoms with van der Waals surface area (Å²) < 4.78 is 27.3.